The normalized spacial score (nSPS) is 12.0. The highest BCUT2D eigenvalue weighted by atomic mass is 32.2. The number of nitrogens with one attached hydrogen (secondary N) is 1. The van der Waals surface area contributed by atoms with Crippen LogP contribution in [0.25, 0.3) is 5.69 Å². The summed E-state index contributed by atoms with van der Waals surface area (Å²) in [5, 5.41) is 12.4. The van der Waals surface area contributed by atoms with Crippen molar-refractivity contribution in [1.29, 1.82) is 0 Å². The zero-order valence-corrected chi connectivity index (χ0v) is 14.1. The van der Waals surface area contributed by atoms with E-state index >= 15 is 0 Å². The molecule has 0 aliphatic carbocycles. The van der Waals surface area contributed by atoms with E-state index in [-0.39, 0.29) is 15.7 Å². The van der Waals surface area contributed by atoms with E-state index in [1.54, 1.807) is 18.3 Å². The van der Waals surface area contributed by atoms with Crippen molar-refractivity contribution in [2.24, 2.45) is 5.14 Å². The van der Waals surface area contributed by atoms with Gasteiger partial charge in [0.25, 0.3) is 10.0 Å². The second kappa shape index (κ2) is 6.23. The van der Waals surface area contributed by atoms with Crippen LogP contribution in [0.2, 0.25) is 0 Å². The minimum absolute atomic E-state index is 0.0384. The Bertz CT molecular complexity index is 1090. The number of pyridine rings is 1. The van der Waals surface area contributed by atoms with Crippen LogP contribution in [0, 0.1) is 0 Å². The van der Waals surface area contributed by atoms with E-state index in [0.29, 0.717) is 5.69 Å². The van der Waals surface area contributed by atoms with Crippen molar-refractivity contribution in [2.45, 2.75) is 9.79 Å². The van der Waals surface area contributed by atoms with Crippen LogP contribution in [0.15, 0.2) is 64.9 Å². The summed E-state index contributed by atoms with van der Waals surface area (Å²) in [5.74, 6) is -0.0384. The molecule has 10 nitrogen and oxygen atoms in total. The minimum atomic E-state index is -4.01. The monoisotopic (exact) mass is 380 g/mol. The van der Waals surface area contributed by atoms with Crippen molar-refractivity contribution in [3.05, 3.63) is 55.1 Å². The van der Waals surface area contributed by atoms with Crippen LogP contribution in [0.5, 0.6) is 0 Å². The summed E-state index contributed by atoms with van der Waals surface area (Å²) in [6.45, 7) is 0. The van der Waals surface area contributed by atoms with Crippen molar-refractivity contribution >= 4 is 26.0 Å². The van der Waals surface area contributed by atoms with Gasteiger partial charge in [0.2, 0.25) is 16.0 Å². The van der Waals surface area contributed by atoms with E-state index in [9.17, 15) is 16.8 Å². The Morgan fingerprint density at radius 3 is 2.28 bits per heavy atom. The molecule has 2 aromatic heterocycles. The first-order chi connectivity index (χ1) is 11.8. The molecular formula is C13H12N6O4S2. The standard InChI is InChI=1S/C13H12N6O4S2/c14-24(20,21)11-3-5-12(6-4-11)25(22,23)18-13-17-16-9-19(13)10-2-1-7-15-8-10/h1-9H,(H,17,18)(H2,14,20,21). The Balaban J connectivity index is 1.92. The quantitative estimate of drug-likeness (QED) is 0.637. The Morgan fingerprint density at radius 2 is 1.68 bits per heavy atom. The molecule has 12 heteroatoms. The zero-order valence-electron chi connectivity index (χ0n) is 12.5. The first-order valence-electron chi connectivity index (χ1n) is 6.73. The molecule has 3 rings (SSSR count). The molecule has 0 unspecified atom stereocenters. The largest absolute Gasteiger partial charge is 0.266 e. The van der Waals surface area contributed by atoms with Gasteiger partial charge >= 0.3 is 0 Å². The van der Waals surface area contributed by atoms with E-state index in [0.717, 1.165) is 24.3 Å². The number of hydrogen-bond donors (Lipinski definition) is 2. The van der Waals surface area contributed by atoms with Gasteiger partial charge in [-0.05, 0) is 36.4 Å². The number of benzene rings is 1. The average molecular weight is 380 g/mol. The third kappa shape index (κ3) is 3.65. The summed E-state index contributed by atoms with van der Waals surface area (Å²) in [5.41, 5.74) is 0.565. The van der Waals surface area contributed by atoms with E-state index in [2.05, 4.69) is 19.9 Å². The lowest BCUT2D eigenvalue weighted by Crippen LogP contribution is -2.17. The van der Waals surface area contributed by atoms with Gasteiger partial charge in [0.15, 0.2) is 0 Å². The molecule has 0 spiro atoms. The summed E-state index contributed by atoms with van der Waals surface area (Å²) < 4.78 is 51.1. The molecule has 1 aromatic carbocycles. The van der Waals surface area contributed by atoms with Gasteiger partial charge in [0, 0.05) is 6.20 Å². The fraction of sp³-hybridized carbons (Fsp3) is 0. The van der Waals surface area contributed by atoms with E-state index in [1.165, 1.54) is 17.1 Å². The molecule has 0 radical (unpaired) electrons. The third-order valence-corrected chi connectivity index (χ3v) is 5.43. The number of aromatic nitrogens is 4. The third-order valence-electron chi connectivity index (χ3n) is 3.16. The molecule has 0 saturated carbocycles. The van der Waals surface area contributed by atoms with E-state index in [4.69, 9.17) is 5.14 Å². The molecule has 2 heterocycles. The van der Waals surface area contributed by atoms with Gasteiger partial charge in [-0.3, -0.25) is 9.55 Å². The maximum Gasteiger partial charge on any atom is 0.264 e. The lowest BCUT2D eigenvalue weighted by molar-refractivity contribution is 0.595. The molecule has 0 amide bonds. The predicted octanol–water partition coefficient (Wildman–Crippen LogP) is 0.110. The molecule has 0 saturated heterocycles. The molecule has 3 N–H and O–H groups in total. The van der Waals surface area contributed by atoms with E-state index < -0.39 is 20.0 Å². The van der Waals surface area contributed by atoms with Gasteiger partial charge in [-0.25, -0.2) is 26.7 Å². The Kier molecular flexibility index (Phi) is 4.24. The van der Waals surface area contributed by atoms with Crippen LogP contribution in [-0.4, -0.2) is 36.6 Å². The Labute approximate surface area is 143 Å². The van der Waals surface area contributed by atoms with Gasteiger partial charge in [-0.15, -0.1) is 10.2 Å². The number of primary sulfonamides is 1. The van der Waals surface area contributed by atoms with Gasteiger partial charge in [0.1, 0.15) is 6.33 Å². The summed E-state index contributed by atoms with van der Waals surface area (Å²) >= 11 is 0. The highest BCUT2D eigenvalue weighted by molar-refractivity contribution is 7.92. The summed E-state index contributed by atoms with van der Waals surface area (Å²) in [6.07, 6.45) is 4.42. The van der Waals surface area contributed by atoms with Crippen LogP contribution < -0.4 is 9.86 Å². The number of nitrogens with zero attached hydrogens (tertiary/aromatic N) is 4. The second-order valence-electron chi connectivity index (χ2n) is 4.86. The van der Waals surface area contributed by atoms with Gasteiger partial charge in [-0.1, -0.05) is 0 Å². The fourth-order valence-electron chi connectivity index (χ4n) is 1.98. The number of nitrogens with two attached hydrogens (primary N) is 1. The van der Waals surface area contributed by atoms with E-state index in [1.807, 2.05) is 0 Å². The SMILES string of the molecule is NS(=O)(=O)c1ccc(S(=O)(=O)Nc2nncn2-c2cccnc2)cc1. The Hall–Kier alpha value is -2.83. The molecular weight excluding hydrogens is 368 g/mol. The minimum Gasteiger partial charge on any atom is -0.266 e. The number of hydrogen-bond acceptors (Lipinski definition) is 7. The molecule has 0 bridgehead atoms. The van der Waals surface area contributed by atoms with Crippen molar-refractivity contribution in [3.8, 4) is 5.69 Å². The van der Waals surface area contributed by atoms with Crippen molar-refractivity contribution < 1.29 is 16.8 Å². The number of sulfonamides is 2. The van der Waals surface area contributed by atoms with Crippen LogP contribution in [-0.2, 0) is 20.0 Å². The van der Waals surface area contributed by atoms with Crippen LogP contribution >= 0.6 is 0 Å². The average Bonchev–Trinajstić information content (AvgIpc) is 3.02. The number of rotatable bonds is 5. The zero-order chi connectivity index (χ0) is 18.1. The smallest absolute Gasteiger partial charge is 0.264 e. The molecule has 3 aromatic rings. The first-order valence-corrected chi connectivity index (χ1v) is 9.76. The highest BCUT2D eigenvalue weighted by Gasteiger charge is 2.19. The number of anilines is 1. The molecule has 0 aliphatic rings. The molecule has 25 heavy (non-hydrogen) atoms. The Morgan fingerprint density at radius 1 is 1.00 bits per heavy atom. The lowest BCUT2D eigenvalue weighted by Gasteiger charge is -2.09. The van der Waals surface area contributed by atoms with Gasteiger partial charge < -0.3 is 0 Å². The molecule has 0 atom stereocenters. The van der Waals surface area contributed by atoms with Crippen molar-refractivity contribution in [2.75, 3.05) is 4.72 Å². The maximum atomic E-state index is 12.5. The predicted molar refractivity (Wildman–Crippen MR) is 87.8 cm³/mol. The molecule has 130 valence electrons. The molecule has 0 fully saturated rings. The van der Waals surface area contributed by atoms with Crippen molar-refractivity contribution in [3.63, 3.8) is 0 Å². The molecule has 0 aliphatic heterocycles. The van der Waals surface area contributed by atoms with Gasteiger partial charge in [0.05, 0.1) is 21.7 Å². The van der Waals surface area contributed by atoms with Gasteiger partial charge in [-0.2, -0.15) is 0 Å². The topological polar surface area (TPSA) is 150 Å². The maximum absolute atomic E-state index is 12.5. The van der Waals surface area contributed by atoms with Crippen LogP contribution in [0.1, 0.15) is 0 Å². The first kappa shape index (κ1) is 17.0. The summed E-state index contributed by atoms with van der Waals surface area (Å²) in [7, 11) is -7.91. The van der Waals surface area contributed by atoms with Crippen LogP contribution in [0.4, 0.5) is 5.95 Å². The van der Waals surface area contributed by atoms with Crippen molar-refractivity contribution in [1.82, 2.24) is 19.7 Å². The second-order valence-corrected chi connectivity index (χ2v) is 8.10. The summed E-state index contributed by atoms with van der Waals surface area (Å²) in [6, 6.07) is 7.86. The summed E-state index contributed by atoms with van der Waals surface area (Å²) in [4.78, 5) is 3.60. The lowest BCUT2D eigenvalue weighted by atomic mass is 10.4. The highest BCUT2D eigenvalue weighted by Crippen LogP contribution is 2.18. The fourth-order valence-corrected chi connectivity index (χ4v) is 3.48. The van der Waals surface area contributed by atoms with Crippen LogP contribution in [0.3, 0.4) is 0 Å².